The number of piperidine rings is 1. The molecule has 1 amide bonds. The minimum absolute atomic E-state index is 0.261. The summed E-state index contributed by atoms with van der Waals surface area (Å²) in [5.74, 6) is 1.37. The monoisotopic (exact) mass is 268 g/mol. The Bertz CT molecular complexity index is 243. The number of amides is 1. The van der Waals surface area contributed by atoms with E-state index in [-0.39, 0.29) is 5.92 Å². The Morgan fingerprint density at radius 2 is 1.74 bits per heavy atom. The summed E-state index contributed by atoms with van der Waals surface area (Å²) in [5.41, 5.74) is 0. The first kappa shape index (κ1) is 16.5. The van der Waals surface area contributed by atoms with Crippen molar-refractivity contribution < 1.29 is 4.79 Å². The second-order valence-electron chi connectivity index (χ2n) is 5.84. The molecule has 0 atom stereocenters. The lowest BCUT2D eigenvalue weighted by atomic mass is 9.94. The van der Waals surface area contributed by atoms with Gasteiger partial charge in [0.1, 0.15) is 0 Å². The van der Waals surface area contributed by atoms with Gasteiger partial charge in [0.2, 0.25) is 5.91 Å². The van der Waals surface area contributed by atoms with Crippen LogP contribution in [0.1, 0.15) is 59.3 Å². The Morgan fingerprint density at radius 3 is 2.21 bits per heavy atom. The fraction of sp³-hybridized carbons (Fsp3) is 0.938. The molecule has 0 aromatic heterocycles. The van der Waals surface area contributed by atoms with Crippen LogP contribution in [0.4, 0.5) is 0 Å². The highest BCUT2D eigenvalue weighted by molar-refractivity contribution is 5.78. The third-order valence-electron chi connectivity index (χ3n) is 4.25. The molecule has 3 heteroatoms. The van der Waals surface area contributed by atoms with Crippen molar-refractivity contribution in [1.82, 2.24) is 10.2 Å². The summed E-state index contributed by atoms with van der Waals surface area (Å²) in [5, 5.41) is 3.40. The fourth-order valence-electron chi connectivity index (χ4n) is 3.10. The molecule has 0 aromatic rings. The average molecular weight is 268 g/mol. The molecule has 1 rings (SSSR count). The van der Waals surface area contributed by atoms with Gasteiger partial charge in [0.25, 0.3) is 0 Å². The van der Waals surface area contributed by atoms with Crippen molar-refractivity contribution in [2.45, 2.75) is 59.3 Å². The standard InChI is InChI=1S/C16H32N2O/c1-4-7-15(8-5-2)16(19)18(6-3)13-14-9-11-17-12-10-14/h14-15,17H,4-13H2,1-3H3. The lowest BCUT2D eigenvalue weighted by Gasteiger charge is -2.31. The van der Waals surface area contributed by atoms with Crippen LogP contribution < -0.4 is 5.32 Å². The smallest absolute Gasteiger partial charge is 0.225 e. The zero-order chi connectivity index (χ0) is 14.1. The minimum Gasteiger partial charge on any atom is -0.342 e. The van der Waals surface area contributed by atoms with E-state index in [9.17, 15) is 4.79 Å². The summed E-state index contributed by atoms with van der Waals surface area (Å²) in [7, 11) is 0. The molecular weight excluding hydrogens is 236 g/mol. The van der Waals surface area contributed by atoms with Gasteiger partial charge in [-0.15, -0.1) is 0 Å². The van der Waals surface area contributed by atoms with Gasteiger partial charge < -0.3 is 10.2 Å². The number of nitrogens with one attached hydrogen (secondary N) is 1. The third kappa shape index (κ3) is 5.52. The zero-order valence-electron chi connectivity index (χ0n) is 13.1. The summed E-state index contributed by atoms with van der Waals surface area (Å²) in [4.78, 5) is 14.8. The van der Waals surface area contributed by atoms with Crippen LogP contribution in [0.25, 0.3) is 0 Å². The average Bonchev–Trinajstić information content (AvgIpc) is 2.45. The lowest BCUT2D eigenvalue weighted by molar-refractivity contribution is -0.136. The van der Waals surface area contributed by atoms with E-state index in [1.54, 1.807) is 0 Å². The summed E-state index contributed by atoms with van der Waals surface area (Å²) < 4.78 is 0. The number of hydrogen-bond donors (Lipinski definition) is 1. The molecule has 0 aliphatic carbocycles. The molecule has 1 aliphatic heterocycles. The van der Waals surface area contributed by atoms with Crippen LogP contribution in [0.5, 0.6) is 0 Å². The van der Waals surface area contributed by atoms with Crippen molar-refractivity contribution in [1.29, 1.82) is 0 Å². The first-order valence-electron chi connectivity index (χ1n) is 8.22. The largest absolute Gasteiger partial charge is 0.342 e. The number of rotatable bonds is 8. The van der Waals surface area contributed by atoms with E-state index in [0.717, 1.165) is 51.9 Å². The number of hydrogen-bond acceptors (Lipinski definition) is 2. The SMILES string of the molecule is CCCC(CCC)C(=O)N(CC)CC1CCNCC1. The van der Waals surface area contributed by atoms with E-state index in [2.05, 4.69) is 31.0 Å². The first-order chi connectivity index (χ1) is 9.22. The second kappa shape index (κ2) is 9.35. The van der Waals surface area contributed by atoms with Crippen LogP contribution in [0.15, 0.2) is 0 Å². The van der Waals surface area contributed by atoms with Gasteiger partial charge in [-0.1, -0.05) is 26.7 Å². The van der Waals surface area contributed by atoms with E-state index in [1.165, 1.54) is 12.8 Å². The molecule has 1 aliphatic rings. The molecular formula is C16H32N2O. The minimum atomic E-state index is 0.261. The van der Waals surface area contributed by atoms with Gasteiger partial charge in [0.05, 0.1) is 0 Å². The molecule has 0 spiro atoms. The molecule has 1 heterocycles. The summed E-state index contributed by atoms with van der Waals surface area (Å²) in [6.07, 6.45) is 6.76. The number of carbonyl (C=O) groups is 1. The second-order valence-corrected chi connectivity index (χ2v) is 5.84. The Balaban J connectivity index is 2.52. The summed E-state index contributed by atoms with van der Waals surface area (Å²) >= 11 is 0. The van der Waals surface area contributed by atoms with Crippen molar-refractivity contribution in [3.63, 3.8) is 0 Å². The Labute approximate surface area is 119 Å². The van der Waals surface area contributed by atoms with Crippen molar-refractivity contribution in [2.75, 3.05) is 26.2 Å². The van der Waals surface area contributed by atoms with Gasteiger partial charge in [-0.3, -0.25) is 4.79 Å². The Kier molecular flexibility index (Phi) is 8.11. The summed E-state index contributed by atoms with van der Waals surface area (Å²) in [6.45, 7) is 10.5. The molecule has 19 heavy (non-hydrogen) atoms. The van der Waals surface area contributed by atoms with Crippen LogP contribution in [0, 0.1) is 11.8 Å². The van der Waals surface area contributed by atoms with Gasteiger partial charge in [-0.05, 0) is 51.6 Å². The molecule has 3 nitrogen and oxygen atoms in total. The fourth-order valence-corrected chi connectivity index (χ4v) is 3.10. The van der Waals surface area contributed by atoms with Gasteiger partial charge in [0.15, 0.2) is 0 Å². The zero-order valence-corrected chi connectivity index (χ0v) is 13.1. The van der Waals surface area contributed by atoms with Crippen molar-refractivity contribution in [2.24, 2.45) is 11.8 Å². The quantitative estimate of drug-likeness (QED) is 0.734. The normalized spacial score (nSPS) is 16.8. The van der Waals surface area contributed by atoms with Crippen LogP contribution in [-0.4, -0.2) is 37.0 Å². The molecule has 0 aromatic carbocycles. The maximum absolute atomic E-state index is 12.6. The van der Waals surface area contributed by atoms with Crippen molar-refractivity contribution in [3.8, 4) is 0 Å². The topological polar surface area (TPSA) is 32.3 Å². The number of carbonyl (C=O) groups excluding carboxylic acids is 1. The van der Waals surface area contributed by atoms with Gasteiger partial charge in [-0.2, -0.15) is 0 Å². The van der Waals surface area contributed by atoms with E-state index in [4.69, 9.17) is 0 Å². The molecule has 1 N–H and O–H groups in total. The predicted molar refractivity (Wildman–Crippen MR) is 81.2 cm³/mol. The molecule has 0 radical (unpaired) electrons. The molecule has 0 unspecified atom stereocenters. The highest BCUT2D eigenvalue weighted by atomic mass is 16.2. The van der Waals surface area contributed by atoms with E-state index in [1.807, 2.05) is 0 Å². The van der Waals surface area contributed by atoms with Gasteiger partial charge in [0, 0.05) is 19.0 Å². The maximum atomic E-state index is 12.6. The first-order valence-corrected chi connectivity index (χ1v) is 8.22. The molecule has 1 fully saturated rings. The molecule has 0 bridgehead atoms. The van der Waals surface area contributed by atoms with Crippen LogP contribution in [-0.2, 0) is 4.79 Å². The van der Waals surface area contributed by atoms with Gasteiger partial charge >= 0.3 is 0 Å². The van der Waals surface area contributed by atoms with Crippen molar-refractivity contribution >= 4 is 5.91 Å². The van der Waals surface area contributed by atoms with E-state index < -0.39 is 0 Å². The highest BCUT2D eigenvalue weighted by Crippen LogP contribution is 2.20. The molecule has 112 valence electrons. The van der Waals surface area contributed by atoms with Crippen LogP contribution >= 0.6 is 0 Å². The van der Waals surface area contributed by atoms with E-state index in [0.29, 0.717) is 11.8 Å². The maximum Gasteiger partial charge on any atom is 0.225 e. The third-order valence-corrected chi connectivity index (χ3v) is 4.25. The lowest BCUT2D eigenvalue weighted by Crippen LogP contribution is -2.41. The molecule has 0 saturated carbocycles. The van der Waals surface area contributed by atoms with Gasteiger partial charge in [-0.25, -0.2) is 0 Å². The predicted octanol–water partition coefficient (Wildman–Crippen LogP) is 3.05. The number of nitrogens with zero attached hydrogens (tertiary/aromatic N) is 1. The van der Waals surface area contributed by atoms with Crippen LogP contribution in [0.2, 0.25) is 0 Å². The highest BCUT2D eigenvalue weighted by Gasteiger charge is 2.24. The van der Waals surface area contributed by atoms with Crippen molar-refractivity contribution in [3.05, 3.63) is 0 Å². The van der Waals surface area contributed by atoms with E-state index >= 15 is 0 Å². The Morgan fingerprint density at radius 1 is 1.16 bits per heavy atom. The summed E-state index contributed by atoms with van der Waals surface area (Å²) in [6, 6.07) is 0. The molecule has 1 saturated heterocycles. The van der Waals surface area contributed by atoms with Crippen LogP contribution in [0.3, 0.4) is 0 Å². The Hall–Kier alpha value is -0.570.